The Hall–Kier alpha value is -0.120. The summed E-state index contributed by atoms with van der Waals surface area (Å²) in [5, 5.41) is 0. The SMILES string of the molecule is CCN(CC)COCN(CC)CC. The highest BCUT2D eigenvalue weighted by Crippen LogP contribution is 1.91. The topological polar surface area (TPSA) is 15.7 Å². The molecule has 0 aliphatic rings. The van der Waals surface area contributed by atoms with Crippen LogP contribution in [0.15, 0.2) is 0 Å². The molecule has 0 aliphatic carbocycles. The molecule has 0 aromatic heterocycles. The smallest absolute Gasteiger partial charge is 0.101 e. The molecule has 0 spiro atoms. The molecule has 0 aromatic rings. The van der Waals surface area contributed by atoms with Crippen LogP contribution < -0.4 is 0 Å². The van der Waals surface area contributed by atoms with E-state index in [2.05, 4.69) is 37.5 Å². The van der Waals surface area contributed by atoms with Crippen molar-refractivity contribution in [1.29, 1.82) is 0 Å². The third kappa shape index (κ3) is 6.02. The molecule has 13 heavy (non-hydrogen) atoms. The van der Waals surface area contributed by atoms with Gasteiger partial charge in [-0.3, -0.25) is 9.80 Å². The first-order valence-corrected chi connectivity index (χ1v) is 5.30. The maximum atomic E-state index is 5.57. The van der Waals surface area contributed by atoms with E-state index in [9.17, 15) is 0 Å². The van der Waals surface area contributed by atoms with Crippen molar-refractivity contribution in [3.05, 3.63) is 0 Å². The van der Waals surface area contributed by atoms with Gasteiger partial charge in [-0.2, -0.15) is 0 Å². The lowest BCUT2D eigenvalue weighted by atomic mass is 10.5. The molecular weight excluding hydrogens is 164 g/mol. The zero-order valence-electron chi connectivity index (χ0n) is 9.55. The monoisotopic (exact) mass is 188 g/mol. The average Bonchev–Trinajstić information content (AvgIpc) is 2.19. The molecule has 3 nitrogen and oxygen atoms in total. The Kier molecular flexibility index (Phi) is 8.40. The maximum Gasteiger partial charge on any atom is 0.101 e. The lowest BCUT2D eigenvalue weighted by molar-refractivity contribution is -0.0240. The predicted molar refractivity (Wildman–Crippen MR) is 56.7 cm³/mol. The van der Waals surface area contributed by atoms with Crippen molar-refractivity contribution in [3.8, 4) is 0 Å². The number of hydrogen-bond acceptors (Lipinski definition) is 3. The van der Waals surface area contributed by atoms with E-state index in [1.807, 2.05) is 0 Å². The Morgan fingerprint density at radius 3 is 1.23 bits per heavy atom. The third-order valence-corrected chi connectivity index (χ3v) is 2.34. The van der Waals surface area contributed by atoms with Crippen LogP contribution in [0.25, 0.3) is 0 Å². The molecule has 0 amide bonds. The molecule has 0 saturated carbocycles. The van der Waals surface area contributed by atoms with Gasteiger partial charge < -0.3 is 4.74 Å². The van der Waals surface area contributed by atoms with Crippen LogP contribution in [0, 0.1) is 0 Å². The standard InChI is InChI=1S/C10H24N2O/c1-5-11(6-2)9-13-10-12(7-3)8-4/h5-10H2,1-4H3. The summed E-state index contributed by atoms with van der Waals surface area (Å²) in [4.78, 5) is 4.53. The predicted octanol–water partition coefficient (Wildman–Crippen LogP) is 1.60. The summed E-state index contributed by atoms with van der Waals surface area (Å²) in [5.74, 6) is 0. The average molecular weight is 188 g/mol. The van der Waals surface area contributed by atoms with Crippen molar-refractivity contribution in [2.75, 3.05) is 39.6 Å². The second-order valence-electron chi connectivity index (χ2n) is 3.07. The van der Waals surface area contributed by atoms with Crippen molar-refractivity contribution in [2.45, 2.75) is 27.7 Å². The van der Waals surface area contributed by atoms with Gasteiger partial charge in [-0.05, 0) is 26.2 Å². The van der Waals surface area contributed by atoms with E-state index < -0.39 is 0 Å². The Bertz CT molecular complexity index is 89.1. The van der Waals surface area contributed by atoms with Crippen LogP contribution in [-0.4, -0.2) is 49.4 Å². The summed E-state index contributed by atoms with van der Waals surface area (Å²) in [7, 11) is 0. The molecule has 0 aliphatic heterocycles. The van der Waals surface area contributed by atoms with Crippen LogP contribution in [0.5, 0.6) is 0 Å². The largest absolute Gasteiger partial charge is 0.351 e. The van der Waals surface area contributed by atoms with E-state index in [1.165, 1.54) is 0 Å². The molecule has 3 heteroatoms. The molecule has 80 valence electrons. The molecule has 0 fully saturated rings. The molecule has 0 unspecified atom stereocenters. The zero-order valence-corrected chi connectivity index (χ0v) is 9.55. The first kappa shape index (κ1) is 12.9. The second-order valence-corrected chi connectivity index (χ2v) is 3.07. The maximum absolute atomic E-state index is 5.57. The minimum atomic E-state index is 0.753. The van der Waals surface area contributed by atoms with Crippen LogP contribution in [0.2, 0.25) is 0 Å². The van der Waals surface area contributed by atoms with E-state index in [1.54, 1.807) is 0 Å². The quantitative estimate of drug-likeness (QED) is 0.538. The first-order chi connectivity index (χ1) is 6.28. The fourth-order valence-corrected chi connectivity index (χ4v) is 1.11. The molecule has 0 radical (unpaired) electrons. The third-order valence-electron chi connectivity index (χ3n) is 2.34. The number of rotatable bonds is 8. The molecule has 0 bridgehead atoms. The van der Waals surface area contributed by atoms with Gasteiger partial charge in [0.25, 0.3) is 0 Å². The van der Waals surface area contributed by atoms with Crippen molar-refractivity contribution in [3.63, 3.8) is 0 Å². The Morgan fingerprint density at radius 2 is 1.00 bits per heavy atom. The highest BCUT2D eigenvalue weighted by molar-refractivity contribution is 4.46. The molecule has 0 heterocycles. The first-order valence-electron chi connectivity index (χ1n) is 5.30. The summed E-state index contributed by atoms with van der Waals surface area (Å²) in [6.45, 7) is 14.4. The van der Waals surface area contributed by atoms with Gasteiger partial charge in [0, 0.05) is 0 Å². The van der Waals surface area contributed by atoms with Gasteiger partial charge >= 0.3 is 0 Å². The molecule has 0 saturated heterocycles. The van der Waals surface area contributed by atoms with Crippen molar-refractivity contribution in [2.24, 2.45) is 0 Å². The number of ether oxygens (including phenoxy) is 1. The molecule has 0 rings (SSSR count). The summed E-state index contributed by atoms with van der Waals surface area (Å²) >= 11 is 0. The van der Waals surface area contributed by atoms with E-state index in [0.717, 1.165) is 39.6 Å². The van der Waals surface area contributed by atoms with Gasteiger partial charge in [0.2, 0.25) is 0 Å². The van der Waals surface area contributed by atoms with Crippen LogP contribution in [0.4, 0.5) is 0 Å². The van der Waals surface area contributed by atoms with Gasteiger partial charge in [-0.1, -0.05) is 27.7 Å². The van der Waals surface area contributed by atoms with Gasteiger partial charge in [0.15, 0.2) is 0 Å². The Labute approximate surface area is 82.7 Å². The molecule has 0 N–H and O–H groups in total. The summed E-state index contributed by atoms with van der Waals surface area (Å²) in [6.07, 6.45) is 0. The zero-order chi connectivity index (χ0) is 10.1. The lowest BCUT2D eigenvalue weighted by Gasteiger charge is -2.22. The van der Waals surface area contributed by atoms with Crippen LogP contribution in [0.3, 0.4) is 0 Å². The fraction of sp³-hybridized carbons (Fsp3) is 1.00. The normalized spacial score (nSPS) is 11.5. The van der Waals surface area contributed by atoms with E-state index in [4.69, 9.17) is 4.74 Å². The second kappa shape index (κ2) is 8.48. The van der Waals surface area contributed by atoms with E-state index in [-0.39, 0.29) is 0 Å². The van der Waals surface area contributed by atoms with E-state index >= 15 is 0 Å². The van der Waals surface area contributed by atoms with Crippen LogP contribution in [0.1, 0.15) is 27.7 Å². The highest BCUT2D eigenvalue weighted by Gasteiger charge is 2.01. The summed E-state index contributed by atoms with van der Waals surface area (Å²) in [5.41, 5.74) is 0. The molecule has 0 aromatic carbocycles. The van der Waals surface area contributed by atoms with Gasteiger partial charge in [-0.15, -0.1) is 0 Å². The Morgan fingerprint density at radius 1 is 0.692 bits per heavy atom. The summed E-state index contributed by atoms with van der Waals surface area (Å²) < 4.78 is 5.57. The lowest BCUT2D eigenvalue weighted by Crippen LogP contribution is -2.31. The van der Waals surface area contributed by atoms with Gasteiger partial charge in [-0.25, -0.2) is 0 Å². The van der Waals surface area contributed by atoms with Gasteiger partial charge in [0.1, 0.15) is 13.5 Å². The minimum Gasteiger partial charge on any atom is -0.351 e. The van der Waals surface area contributed by atoms with Crippen molar-refractivity contribution < 1.29 is 4.74 Å². The van der Waals surface area contributed by atoms with Gasteiger partial charge in [0.05, 0.1) is 0 Å². The van der Waals surface area contributed by atoms with Crippen molar-refractivity contribution in [1.82, 2.24) is 9.80 Å². The van der Waals surface area contributed by atoms with Crippen LogP contribution in [-0.2, 0) is 4.74 Å². The molecular formula is C10H24N2O. The Balaban J connectivity index is 3.41. The highest BCUT2D eigenvalue weighted by atomic mass is 16.5. The number of hydrogen-bond donors (Lipinski definition) is 0. The number of nitrogens with zero attached hydrogens (tertiary/aromatic N) is 2. The fourth-order valence-electron chi connectivity index (χ4n) is 1.11. The van der Waals surface area contributed by atoms with Crippen molar-refractivity contribution >= 4 is 0 Å². The van der Waals surface area contributed by atoms with E-state index in [0.29, 0.717) is 0 Å². The van der Waals surface area contributed by atoms with Crippen LogP contribution >= 0.6 is 0 Å². The summed E-state index contributed by atoms with van der Waals surface area (Å²) in [6, 6.07) is 0. The molecule has 0 atom stereocenters. The minimum absolute atomic E-state index is 0.753.